The molecule has 0 fully saturated rings. The summed E-state index contributed by atoms with van der Waals surface area (Å²) in [5.41, 5.74) is 8.01. The van der Waals surface area contributed by atoms with Crippen LogP contribution in [0.2, 0.25) is 0 Å². The van der Waals surface area contributed by atoms with E-state index in [1.807, 2.05) is 19.9 Å². The van der Waals surface area contributed by atoms with E-state index in [0.717, 1.165) is 23.4 Å². The molecule has 2 aromatic carbocycles. The van der Waals surface area contributed by atoms with E-state index in [1.54, 1.807) is 0 Å². The maximum Gasteiger partial charge on any atom is 0.337 e. The number of aromatic nitrogens is 1. The topological polar surface area (TPSA) is 54.3 Å². The Morgan fingerprint density at radius 2 is 1.62 bits per heavy atom. The first-order valence-corrected chi connectivity index (χ1v) is 10.2. The number of hydrogen-bond acceptors (Lipinski definition) is 2. The van der Waals surface area contributed by atoms with Gasteiger partial charge in [0, 0.05) is 36.6 Å². The summed E-state index contributed by atoms with van der Waals surface area (Å²) in [4.78, 5) is 12.0. The molecule has 0 saturated heterocycles. The zero-order valence-corrected chi connectivity index (χ0v) is 17.7. The molecule has 4 nitrogen and oxygen atoms in total. The molecule has 0 aliphatic carbocycles. The average Bonchev–Trinajstić information content (AvgIpc) is 2.93. The number of carbonyl (C=O) groups is 1. The van der Waals surface area contributed by atoms with Crippen molar-refractivity contribution in [3.63, 3.8) is 0 Å². The van der Waals surface area contributed by atoms with Gasteiger partial charge in [-0.05, 0) is 43.9 Å². The quantitative estimate of drug-likeness (QED) is 0.568. The fourth-order valence-corrected chi connectivity index (χ4v) is 3.90. The van der Waals surface area contributed by atoms with Gasteiger partial charge in [-0.1, -0.05) is 61.0 Å². The smallest absolute Gasteiger partial charge is 0.337 e. The lowest BCUT2D eigenvalue weighted by atomic mass is 10.1. The lowest BCUT2D eigenvalue weighted by Crippen LogP contribution is -2.15. The number of benzene rings is 2. The maximum atomic E-state index is 12.0. The second-order valence-electron chi connectivity index (χ2n) is 7.68. The highest BCUT2D eigenvalue weighted by molar-refractivity contribution is 5.91. The van der Waals surface area contributed by atoms with Crippen LogP contribution in [-0.2, 0) is 26.1 Å². The van der Waals surface area contributed by atoms with E-state index in [0.29, 0.717) is 25.2 Å². The van der Waals surface area contributed by atoms with E-state index in [1.165, 1.54) is 22.3 Å². The maximum absolute atomic E-state index is 12.0. The van der Waals surface area contributed by atoms with Crippen molar-refractivity contribution in [2.24, 2.45) is 0 Å². The number of carboxylic acid groups (broad SMARTS) is 1. The first-order chi connectivity index (χ1) is 13.9. The van der Waals surface area contributed by atoms with Crippen LogP contribution in [0.5, 0.6) is 0 Å². The molecule has 0 saturated carbocycles. The number of aryl methyl sites for hydroxylation is 2. The summed E-state index contributed by atoms with van der Waals surface area (Å²) in [6, 6.07) is 16.9. The molecule has 3 aromatic rings. The Labute approximate surface area is 173 Å². The molecular formula is C25H30N2O2. The molecular weight excluding hydrogens is 360 g/mol. The summed E-state index contributed by atoms with van der Waals surface area (Å²) >= 11 is 0. The van der Waals surface area contributed by atoms with Gasteiger partial charge in [0.25, 0.3) is 0 Å². The zero-order chi connectivity index (χ0) is 21.0. The summed E-state index contributed by atoms with van der Waals surface area (Å²) in [5.74, 6) is -0.863. The molecule has 0 radical (unpaired) electrons. The summed E-state index contributed by atoms with van der Waals surface area (Å²) in [5, 5.41) is 13.3. The first kappa shape index (κ1) is 20.9. The normalized spacial score (nSPS) is 11.0. The average molecular weight is 391 g/mol. The fourth-order valence-electron chi connectivity index (χ4n) is 3.90. The summed E-state index contributed by atoms with van der Waals surface area (Å²) in [6.07, 6.45) is 1.03. The molecule has 29 heavy (non-hydrogen) atoms. The summed E-state index contributed by atoms with van der Waals surface area (Å²) < 4.78 is 2.12. The van der Waals surface area contributed by atoms with Gasteiger partial charge in [-0.2, -0.15) is 0 Å². The molecule has 0 amide bonds. The number of nitrogens with one attached hydrogen (secondary N) is 1. The number of rotatable bonds is 8. The van der Waals surface area contributed by atoms with E-state index in [2.05, 4.69) is 66.2 Å². The van der Waals surface area contributed by atoms with Gasteiger partial charge in [0.1, 0.15) is 0 Å². The standard InChI is InChI=1S/C25H30N2O2/c1-5-20-9-11-21(12-10-20)14-26-15-23-18(3)27(19(4)24(23)25(28)29)16-22-8-6-7-17(2)13-22/h6-13,26H,5,14-16H2,1-4H3,(H,28,29). The lowest BCUT2D eigenvalue weighted by molar-refractivity contribution is 0.0694. The SMILES string of the molecule is CCc1ccc(CNCc2c(C(=O)O)c(C)n(Cc3cccc(C)c3)c2C)cc1. The third-order valence-corrected chi connectivity index (χ3v) is 5.61. The van der Waals surface area contributed by atoms with Crippen LogP contribution in [0.4, 0.5) is 0 Å². The Hall–Kier alpha value is -2.85. The molecule has 0 atom stereocenters. The minimum absolute atomic E-state index is 0.420. The third kappa shape index (κ3) is 4.77. The molecule has 0 aliphatic heterocycles. The van der Waals surface area contributed by atoms with Crippen molar-refractivity contribution in [1.29, 1.82) is 0 Å². The van der Waals surface area contributed by atoms with Gasteiger partial charge in [-0.25, -0.2) is 4.79 Å². The van der Waals surface area contributed by atoms with Gasteiger partial charge >= 0.3 is 5.97 Å². The predicted octanol–water partition coefficient (Wildman–Crippen LogP) is 5.01. The van der Waals surface area contributed by atoms with Gasteiger partial charge in [0.2, 0.25) is 0 Å². The molecule has 0 bridgehead atoms. The Balaban J connectivity index is 1.80. The number of aromatic carboxylic acids is 1. The monoisotopic (exact) mass is 390 g/mol. The highest BCUT2D eigenvalue weighted by atomic mass is 16.4. The van der Waals surface area contributed by atoms with Crippen LogP contribution in [0.3, 0.4) is 0 Å². The predicted molar refractivity (Wildman–Crippen MR) is 118 cm³/mol. The Kier molecular flexibility index (Phi) is 6.55. The van der Waals surface area contributed by atoms with Crippen LogP contribution in [-0.4, -0.2) is 15.6 Å². The van der Waals surface area contributed by atoms with Crippen LogP contribution in [0, 0.1) is 20.8 Å². The van der Waals surface area contributed by atoms with E-state index in [9.17, 15) is 9.90 Å². The molecule has 1 heterocycles. The molecule has 2 N–H and O–H groups in total. The van der Waals surface area contributed by atoms with Crippen molar-refractivity contribution >= 4 is 5.97 Å². The Bertz CT molecular complexity index is 1000. The van der Waals surface area contributed by atoms with Crippen LogP contribution >= 0.6 is 0 Å². The van der Waals surface area contributed by atoms with Crippen LogP contribution < -0.4 is 5.32 Å². The Morgan fingerprint density at radius 3 is 2.24 bits per heavy atom. The Morgan fingerprint density at radius 1 is 0.931 bits per heavy atom. The molecule has 1 aromatic heterocycles. The van der Waals surface area contributed by atoms with E-state index >= 15 is 0 Å². The van der Waals surface area contributed by atoms with Gasteiger partial charge in [0.05, 0.1) is 5.56 Å². The second-order valence-corrected chi connectivity index (χ2v) is 7.68. The molecule has 0 aliphatic rings. The van der Waals surface area contributed by atoms with E-state index in [4.69, 9.17) is 0 Å². The largest absolute Gasteiger partial charge is 0.478 e. The third-order valence-electron chi connectivity index (χ3n) is 5.61. The van der Waals surface area contributed by atoms with Crippen LogP contribution in [0.25, 0.3) is 0 Å². The molecule has 0 unspecified atom stereocenters. The van der Waals surface area contributed by atoms with Crippen LogP contribution in [0.15, 0.2) is 48.5 Å². The highest BCUT2D eigenvalue weighted by Gasteiger charge is 2.22. The highest BCUT2D eigenvalue weighted by Crippen LogP contribution is 2.24. The van der Waals surface area contributed by atoms with Gasteiger partial charge in [-0.3, -0.25) is 0 Å². The second kappa shape index (κ2) is 9.10. The van der Waals surface area contributed by atoms with Crippen molar-refractivity contribution in [3.05, 3.63) is 93.3 Å². The summed E-state index contributed by atoms with van der Waals surface area (Å²) in [7, 11) is 0. The zero-order valence-electron chi connectivity index (χ0n) is 17.7. The minimum atomic E-state index is -0.863. The molecule has 152 valence electrons. The number of carboxylic acids is 1. The lowest BCUT2D eigenvalue weighted by Gasteiger charge is -2.11. The van der Waals surface area contributed by atoms with E-state index in [-0.39, 0.29) is 0 Å². The van der Waals surface area contributed by atoms with Crippen molar-refractivity contribution in [2.75, 3.05) is 0 Å². The fraction of sp³-hybridized carbons (Fsp3) is 0.320. The molecule has 0 spiro atoms. The van der Waals surface area contributed by atoms with Crippen molar-refractivity contribution < 1.29 is 9.90 Å². The molecule has 3 rings (SSSR count). The first-order valence-electron chi connectivity index (χ1n) is 10.2. The van der Waals surface area contributed by atoms with Crippen molar-refractivity contribution in [3.8, 4) is 0 Å². The van der Waals surface area contributed by atoms with Gasteiger partial charge < -0.3 is 15.0 Å². The van der Waals surface area contributed by atoms with E-state index < -0.39 is 5.97 Å². The van der Waals surface area contributed by atoms with Gasteiger partial charge in [0.15, 0.2) is 0 Å². The summed E-state index contributed by atoms with van der Waals surface area (Å²) in [6.45, 7) is 10.1. The molecule has 4 heteroatoms. The van der Waals surface area contributed by atoms with Crippen LogP contribution in [0.1, 0.15) is 56.5 Å². The van der Waals surface area contributed by atoms with Crippen molar-refractivity contribution in [1.82, 2.24) is 9.88 Å². The van der Waals surface area contributed by atoms with Crippen molar-refractivity contribution in [2.45, 2.75) is 53.8 Å². The number of nitrogens with zero attached hydrogens (tertiary/aromatic N) is 1. The minimum Gasteiger partial charge on any atom is -0.478 e. The van der Waals surface area contributed by atoms with Gasteiger partial charge in [-0.15, -0.1) is 0 Å². The number of hydrogen-bond donors (Lipinski definition) is 2.